The van der Waals surface area contributed by atoms with Crippen molar-refractivity contribution < 1.29 is 14.3 Å². The standard InChI is InChI=1S/C24H27N3O4S2/c1-5-10-27-23(29)20-18-8-6-7-9-19(18)33-22(20)26-24(27)32-14(2)21(28)25-15-11-16(30-3)13-17(12-15)31-4/h5,11-14H,1,6-10H2,2-4H3,(H,25,28). The number of anilines is 1. The molecule has 0 bridgehead atoms. The van der Waals surface area contributed by atoms with Gasteiger partial charge in [0.15, 0.2) is 5.16 Å². The van der Waals surface area contributed by atoms with Gasteiger partial charge in [-0.15, -0.1) is 17.9 Å². The van der Waals surface area contributed by atoms with Gasteiger partial charge in [-0.2, -0.15) is 0 Å². The van der Waals surface area contributed by atoms with Crippen molar-refractivity contribution in [3.63, 3.8) is 0 Å². The second-order valence-electron chi connectivity index (χ2n) is 7.84. The quantitative estimate of drug-likeness (QED) is 0.284. The number of amides is 1. The van der Waals surface area contributed by atoms with Gasteiger partial charge in [0.1, 0.15) is 16.3 Å². The monoisotopic (exact) mass is 485 g/mol. The van der Waals surface area contributed by atoms with E-state index in [1.807, 2.05) is 0 Å². The first kappa shape index (κ1) is 23.4. The summed E-state index contributed by atoms with van der Waals surface area (Å²) in [5.41, 5.74) is 1.68. The number of aromatic nitrogens is 2. The maximum absolute atomic E-state index is 13.4. The smallest absolute Gasteiger partial charge is 0.263 e. The van der Waals surface area contributed by atoms with E-state index in [1.54, 1.807) is 61.3 Å². The predicted molar refractivity (Wildman–Crippen MR) is 134 cm³/mol. The first-order valence-electron chi connectivity index (χ1n) is 10.8. The number of fused-ring (bicyclic) bond motifs is 3. The molecule has 0 saturated heterocycles. The number of thiophene rings is 1. The van der Waals surface area contributed by atoms with Gasteiger partial charge >= 0.3 is 0 Å². The molecule has 0 radical (unpaired) electrons. The molecular formula is C24H27N3O4S2. The molecule has 2 aromatic heterocycles. The molecule has 3 aromatic rings. The van der Waals surface area contributed by atoms with Crippen LogP contribution in [0, 0.1) is 0 Å². The van der Waals surface area contributed by atoms with Crippen molar-refractivity contribution in [3.05, 3.63) is 51.6 Å². The van der Waals surface area contributed by atoms with Crippen molar-refractivity contribution in [2.24, 2.45) is 0 Å². The number of benzene rings is 1. The Hall–Kier alpha value is -2.78. The van der Waals surface area contributed by atoms with Crippen molar-refractivity contribution in [2.45, 2.75) is 49.6 Å². The third-order valence-corrected chi connectivity index (χ3v) is 7.90. The van der Waals surface area contributed by atoms with E-state index in [1.165, 1.54) is 16.6 Å². The maximum atomic E-state index is 13.4. The Bertz CT molecular complexity index is 1240. The summed E-state index contributed by atoms with van der Waals surface area (Å²) >= 11 is 2.88. The molecule has 0 saturated carbocycles. The summed E-state index contributed by atoms with van der Waals surface area (Å²) in [4.78, 5) is 33.2. The molecule has 1 aromatic carbocycles. The van der Waals surface area contributed by atoms with E-state index in [2.05, 4.69) is 11.9 Å². The lowest BCUT2D eigenvalue weighted by molar-refractivity contribution is -0.115. The molecule has 0 fully saturated rings. The molecule has 1 aliphatic rings. The number of ether oxygens (including phenoxy) is 2. The number of rotatable bonds is 8. The van der Waals surface area contributed by atoms with E-state index in [0.29, 0.717) is 28.9 Å². The van der Waals surface area contributed by atoms with Gasteiger partial charge in [0.25, 0.3) is 5.56 Å². The number of aryl methyl sites for hydroxylation is 2. The van der Waals surface area contributed by atoms with Crippen LogP contribution in [0.1, 0.15) is 30.2 Å². The summed E-state index contributed by atoms with van der Waals surface area (Å²) in [5, 5.41) is 3.68. The number of nitrogens with one attached hydrogen (secondary N) is 1. The minimum Gasteiger partial charge on any atom is -0.497 e. The van der Waals surface area contributed by atoms with Crippen molar-refractivity contribution in [3.8, 4) is 11.5 Å². The van der Waals surface area contributed by atoms with Crippen molar-refractivity contribution >= 4 is 44.9 Å². The van der Waals surface area contributed by atoms with Gasteiger partial charge in [0.2, 0.25) is 5.91 Å². The minimum atomic E-state index is -0.489. The van der Waals surface area contributed by atoms with Gasteiger partial charge < -0.3 is 14.8 Å². The van der Waals surface area contributed by atoms with Crippen LogP contribution in [-0.2, 0) is 24.2 Å². The Balaban J connectivity index is 1.62. The summed E-state index contributed by atoms with van der Waals surface area (Å²) in [7, 11) is 3.11. The molecule has 0 spiro atoms. The highest BCUT2D eigenvalue weighted by Gasteiger charge is 2.24. The molecule has 1 atom stereocenters. The summed E-state index contributed by atoms with van der Waals surface area (Å²) in [6, 6.07) is 5.19. The number of carbonyl (C=O) groups excluding carboxylic acids is 1. The number of methoxy groups -OCH3 is 2. The van der Waals surface area contributed by atoms with Gasteiger partial charge in [-0.25, -0.2) is 4.98 Å². The van der Waals surface area contributed by atoms with Gasteiger partial charge in [-0.05, 0) is 38.2 Å². The average molecular weight is 486 g/mol. The van der Waals surface area contributed by atoms with E-state index in [0.717, 1.165) is 41.5 Å². The number of carbonyl (C=O) groups is 1. The van der Waals surface area contributed by atoms with E-state index in [4.69, 9.17) is 14.5 Å². The number of hydrogen-bond donors (Lipinski definition) is 1. The van der Waals surface area contributed by atoms with Crippen LogP contribution in [0.25, 0.3) is 10.2 Å². The van der Waals surface area contributed by atoms with Crippen molar-refractivity contribution in [2.75, 3.05) is 19.5 Å². The first-order chi connectivity index (χ1) is 15.9. The number of nitrogens with zero attached hydrogens (tertiary/aromatic N) is 2. The lowest BCUT2D eigenvalue weighted by Crippen LogP contribution is -2.27. The maximum Gasteiger partial charge on any atom is 0.263 e. The summed E-state index contributed by atoms with van der Waals surface area (Å²) in [5.74, 6) is 0.956. The van der Waals surface area contributed by atoms with Gasteiger partial charge in [0, 0.05) is 35.3 Å². The van der Waals surface area contributed by atoms with Crippen LogP contribution in [-0.4, -0.2) is 34.9 Å². The molecular weight excluding hydrogens is 458 g/mol. The summed E-state index contributed by atoms with van der Waals surface area (Å²) < 4.78 is 12.2. The number of hydrogen-bond acceptors (Lipinski definition) is 7. The van der Waals surface area contributed by atoms with E-state index in [-0.39, 0.29) is 11.5 Å². The SMILES string of the molecule is C=CCn1c(SC(C)C(=O)Nc2cc(OC)cc(OC)c2)nc2sc3c(c2c1=O)CCCC3. The average Bonchev–Trinajstić information content (AvgIpc) is 3.19. The van der Waals surface area contributed by atoms with Crippen LogP contribution in [0.4, 0.5) is 5.69 Å². The topological polar surface area (TPSA) is 82.5 Å². The fraction of sp³-hybridized carbons (Fsp3) is 0.375. The summed E-state index contributed by atoms with van der Waals surface area (Å²) in [6.07, 6.45) is 5.86. The minimum absolute atomic E-state index is 0.0491. The highest BCUT2D eigenvalue weighted by molar-refractivity contribution is 8.00. The third-order valence-electron chi connectivity index (χ3n) is 5.62. The number of thioether (sulfide) groups is 1. The second-order valence-corrected chi connectivity index (χ2v) is 10.2. The lowest BCUT2D eigenvalue weighted by atomic mass is 9.97. The fourth-order valence-electron chi connectivity index (χ4n) is 3.94. The van der Waals surface area contributed by atoms with Crippen molar-refractivity contribution in [1.82, 2.24) is 9.55 Å². The van der Waals surface area contributed by atoms with Crippen LogP contribution in [0.5, 0.6) is 11.5 Å². The molecule has 7 nitrogen and oxygen atoms in total. The van der Waals surface area contributed by atoms with Gasteiger partial charge in [-0.3, -0.25) is 14.2 Å². The molecule has 33 heavy (non-hydrogen) atoms. The van der Waals surface area contributed by atoms with Gasteiger partial charge in [-0.1, -0.05) is 17.8 Å². The molecule has 1 N–H and O–H groups in total. The van der Waals surface area contributed by atoms with E-state index < -0.39 is 5.25 Å². The Kier molecular flexibility index (Phi) is 7.09. The molecule has 1 aliphatic carbocycles. The van der Waals surface area contributed by atoms with Crippen molar-refractivity contribution in [1.29, 1.82) is 0 Å². The normalized spacial score (nSPS) is 13.9. The van der Waals surface area contributed by atoms with E-state index >= 15 is 0 Å². The van der Waals surface area contributed by atoms with Crippen LogP contribution in [0.2, 0.25) is 0 Å². The van der Waals surface area contributed by atoms with Crippen LogP contribution < -0.4 is 20.3 Å². The van der Waals surface area contributed by atoms with E-state index in [9.17, 15) is 9.59 Å². The Morgan fingerprint density at radius 1 is 1.27 bits per heavy atom. The molecule has 174 valence electrons. The Morgan fingerprint density at radius 3 is 2.64 bits per heavy atom. The largest absolute Gasteiger partial charge is 0.497 e. The zero-order valence-electron chi connectivity index (χ0n) is 19.0. The molecule has 0 aliphatic heterocycles. The molecule has 2 heterocycles. The molecule has 9 heteroatoms. The lowest BCUT2D eigenvalue weighted by Gasteiger charge is -2.16. The van der Waals surface area contributed by atoms with Gasteiger partial charge in [0.05, 0.1) is 24.9 Å². The highest BCUT2D eigenvalue weighted by atomic mass is 32.2. The highest BCUT2D eigenvalue weighted by Crippen LogP contribution is 2.35. The van der Waals surface area contributed by atoms with Crippen LogP contribution in [0.3, 0.4) is 0 Å². The van der Waals surface area contributed by atoms with Crippen LogP contribution >= 0.6 is 23.1 Å². The Labute approximate surface area is 200 Å². The molecule has 4 rings (SSSR count). The Morgan fingerprint density at radius 2 is 1.97 bits per heavy atom. The van der Waals surface area contributed by atoms with Crippen LogP contribution in [0.15, 0.2) is 40.8 Å². The zero-order chi connectivity index (χ0) is 23.5. The molecule has 1 unspecified atom stereocenters. The predicted octanol–water partition coefficient (Wildman–Crippen LogP) is 4.66. The summed E-state index contributed by atoms with van der Waals surface area (Å²) in [6.45, 7) is 5.94. The zero-order valence-corrected chi connectivity index (χ0v) is 20.6. The third kappa shape index (κ3) is 4.79. The number of allylic oxidation sites excluding steroid dienone is 1. The first-order valence-corrected chi connectivity index (χ1v) is 12.5. The second kappa shape index (κ2) is 10.0. The fourth-order valence-corrected chi connectivity index (χ4v) is 6.16. The molecule has 1 amide bonds.